The van der Waals surface area contributed by atoms with Gasteiger partial charge in [-0.25, -0.2) is 0 Å². The number of allylic oxidation sites excluding steroid dienone is 4. The molecule has 0 spiro atoms. The summed E-state index contributed by atoms with van der Waals surface area (Å²) in [6.07, 6.45) is 0. The molecular weight excluding hydrogens is 404 g/mol. The molecule has 2 aromatic rings. The molecule has 0 bridgehead atoms. The van der Waals surface area contributed by atoms with Crippen molar-refractivity contribution in [3.63, 3.8) is 0 Å². The fourth-order valence-electron chi connectivity index (χ4n) is 3.38. The van der Waals surface area contributed by atoms with Gasteiger partial charge in [0.2, 0.25) is 0 Å². The molecule has 0 amide bonds. The predicted molar refractivity (Wildman–Crippen MR) is 117 cm³/mol. The van der Waals surface area contributed by atoms with E-state index in [-0.39, 0.29) is 0 Å². The van der Waals surface area contributed by atoms with Crippen LogP contribution in [0.15, 0.2) is 52.6 Å². The topological polar surface area (TPSA) is 0 Å². The van der Waals surface area contributed by atoms with Gasteiger partial charge in [0.1, 0.15) is 0 Å². The number of hydrogen-bond donors (Lipinski definition) is 0. The molecule has 2 aromatic carbocycles. The van der Waals surface area contributed by atoms with Crippen molar-refractivity contribution >= 4 is 3.71 Å². The normalized spacial score (nSPS) is 13.9. The van der Waals surface area contributed by atoms with Crippen molar-refractivity contribution in [2.24, 2.45) is 5.92 Å². The monoisotopic (exact) mass is 436 g/mol. The Morgan fingerprint density at radius 2 is 1.19 bits per heavy atom. The molecule has 0 fully saturated rings. The molecule has 3 rings (SSSR count). The van der Waals surface area contributed by atoms with E-state index >= 15 is 0 Å². The van der Waals surface area contributed by atoms with Crippen molar-refractivity contribution in [2.45, 2.75) is 62.3 Å². The zero-order chi connectivity index (χ0) is 20.7. The van der Waals surface area contributed by atoms with E-state index in [4.69, 9.17) is 0 Å². The van der Waals surface area contributed by atoms with Gasteiger partial charge >= 0.3 is 83.8 Å². The van der Waals surface area contributed by atoms with E-state index < -0.39 is 0 Å². The first kappa shape index (κ1) is 23.8. The standard InChI is InChI=1S/C10H15.C10H14.C6H5.Zr/c2*1-6-7(2)9(4)10(5)8(6)3;1-2-4-6-5-3-1;/h1-5H3;1,6H,2-5H3;1-5H;/q-1;;-1;+2. The summed E-state index contributed by atoms with van der Waals surface area (Å²) in [4.78, 5) is 0. The van der Waals surface area contributed by atoms with Gasteiger partial charge in [0.25, 0.3) is 0 Å². The van der Waals surface area contributed by atoms with Gasteiger partial charge in [0, 0.05) is 0 Å². The zero-order valence-electron chi connectivity index (χ0n) is 18.5. The summed E-state index contributed by atoms with van der Waals surface area (Å²) in [7, 11) is 0. The van der Waals surface area contributed by atoms with Crippen molar-refractivity contribution < 1.29 is 24.2 Å². The van der Waals surface area contributed by atoms with Crippen molar-refractivity contribution in [3.8, 4) is 0 Å². The minimum Gasteiger partial charge on any atom is -0.196 e. The molecule has 1 aliphatic carbocycles. The molecule has 0 saturated heterocycles. The van der Waals surface area contributed by atoms with Crippen LogP contribution in [0.25, 0.3) is 0 Å². The Morgan fingerprint density at radius 3 is 1.33 bits per heavy atom. The molecule has 0 unspecified atom stereocenters. The Balaban J connectivity index is 0.000000211. The second-order valence-corrected chi connectivity index (χ2v) is 8.28. The summed E-state index contributed by atoms with van der Waals surface area (Å²) in [5.41, 5.74) is 13.5. The molecule has 0 aromatic heterocycles. The van der Waals surface area contributed by atoms with Crippen LogP contribution in [-0.2, 0) is 24.2 Å². The fourth-order valence-corrected chi connectivity index (χ4v) is 4.61. The Morgan fingerprint density at radius 1 is 0.778 bits per heavy atom. The van der Waals surface area contributed by atoms with E-state index in [1.54, 1.807) is 11.1 Å². The number of benzene rings is 1. The van der Waals surface area contributed by atoms with Crippen LogP contribution in [0, 0.1) is 46.6 Å². The minimum absolute atomic E-state index is 0.660. The maximum atomic E-state index is 2.89. The number of rotatable bonds is 1. The van der Waals surface area contributed by atoms with E-state index in [1.807, 2.05) is 30.3 Å². The van der Waals surface area contributed by atoms with Crippen LogP contribution in [0.4, 0.5) is 0 Å². The molecule has 1 aliphatic rings. The van der Waals surface area contributed by atoms with Crippen LogP contribution in [0.2, 0.25) is 0 Å². The molecular formula is C26H34Zr. The van der Waals surface area contributed by atoms with E-state index in [9.17, 15) is 0 Å². The summed E-state index contributed by atoms with van der Waals surface area (Å²) in [6, 6.07) is 12.5. The maximum absolute atomic E-state index is 2.89. The molecule has 0 N–H and O–H groups in total. The zero-order valence-corrected chi connectivity index (χ0v) is 21.0. The summed E-state index contributed by atoms with van der Waals surface area (Å²) < 4.78 is 2.37. The smallest absolute Gasteiger partial charge is 0.0630 e. The molecule has 0 heterocycles. The fraction of sp³-hybridized carbons (Fsp3) is 0.385. The average molecular weight is 438 g/mol. The Hall–Kier alpha value is -1.20. The number of hydrogen-bond acceptors (Lipinski definition) is 0. The molecule has 27 heavy (non-hydrogen) atoms. The Bertz CT molecular complexity index is 698. The van der Waals surface area contributed by atoms with E-state index in [2.05, 4.69) is 72.1 Å². The van der Waals surface area contributed by atoms with Gasteiger partial charge in [-0.2, -0.15) is 64.2 Å². The van der Waals surface area contributed by atoms with Gasteiger partial charge < -0.3 is 0 Å². The average Bonchev–Trinajstić information content (AvgIpc) is 2.99. The van der Waals surface area contributed by atoms with Crippen molar-refractivity contribution in [1.82, 2.24) is 0 Å². The summed E-state index contributed by atoms with van der Waals surface area (Å²) in [5, 5.41) is 0. The van der Waals surface area contributed by atoms with Crippen LogP contribution in [-0.4, -0.2) is 3.71 Å². The molecule has 0 atom stereocenters. The van der Waals surface area contributed by atoms with Crippen LogP contribution < -0.4 is 0 Å². The predicted octanol–water partition coefficient (Wildman–Crippen LogP) is 7.07. The van der Waals surface area contributed by atoms with Gasteiger partial charge in [-0.1, -0.05) is 34.6 Å². The van der Waals surface area contributed by atoms with Crippen LogP contribution in [0.1, 0.15) is 55.5 Å². The van der Waals surface area contributed by atoms with E-state index in [1.165, 1.54) is 63.2 Å². The summed E-state index contributed by atoms with van der Waals surface area (Å²) >= 11 is 1.53. The summed E-state index contributed by atoms with van der Waals surface area (Å²) in [5.74, 6) is 0.660. The van der Waals surface area contributed by atoms with E-state index in [0.29, 0.717) is 5.92 Å². The van der Waals surface area contributed by atoms with Crippen molar-refractivity contribution in [2.75, 3.05) is 0 Å². The first-order valence-electron chi connectivity index (χ1n) is 9.61. The van der Waals surface area contributed by atoms with Gasteiger partial charge in [-0.15, -0.1) is 0 Å². The largest absolute Gasteiger partial charge is 0.196 e. The quantitative estimate of drug-likeness (QED) is 0.418. The van der Waals surface area contributed by atoms with Gasteiger partial charge in [0.05, 0.1) is 0 Å². The maximum Gasteiger partial charge on any atom is -0.0630 e. The molecule has 142 valence electrons. The SMILES string of the molecule is CC1=C(C)C([CH]=[Zr+2])C(C)=C1C.Cc1c(C)c(C)[c-](C)c1C.[c-]1ccccc1. The third-order valence-electron chi connectivity index (χ3n) is 6.26. The molecule has 0 saturated carbocycles. The first-order chi connectivity index (χ1) is 12.6. The van der Waals surface area contributed by atoms with Gasteiger partial charge in [-0.05, 0) is 0 Å². The third-order valence-corrected chi connectivity index (χ3v) is 7.08. The molecule has 0 aliphatic heterocycles. The first-order valence-corrected chi connectivity index (χ1v) is 11.0. The van der Waals surface area contributed by atoms with Crippen LogP contribution in [0.3, 0.4) is 0 Å². The van der Waals surface area contributed by atoms with Crippen LogP contribution in [0.5, 0.6) is 0 Å². The van der Waals surface area contributed by atoms with Gasteiger partial charge in [0.15, 0.2) is 0 Å². The van der Waals surface area contributed by atoms with Crippen molar-refractivity contribution in [3.05, 3.63) is 86.5 Å². The minimum atomic E-state index is 0.660. The summed E-state index contributed by atoms with van der Waals surface area (Å²) in [6.45, 7) is 20.0. The molecule has 1 heteroatoms. The van der Waals surface area contributed by atoms with Crippen LogP contribution >= 0.6 is 0 Å². The van der Waals surface area contributed by atoms with E-state index in [0.717, 1.165) is 0 Å². The molecule has 0 radical (unpaired) electrons. The second-order valence-electron chi connectivity index (χ2n) is 7.46. The Labute approximate surface area is 182 Å². The van der Waals surface area contributed by atoms with Crippen molar-refractivity contribution in [1.29, 1.82) is 0 Å². The third kappa shape index (κ3) is 5.89. The molecule has 0 nitrogen and oxygen atoms in total. The Kier molecular flexibility index (Phi) is 9.68. The second kappa shape index (κ2) is 11.0. The van der Waals surface area contributed by atoms with Gasteiger partial charge in [-0.3, -0.25) is 0 Å².